The summed E-state index contributed by atoms with van der Waals surface area (Å²) in [5.74, 6) is 0.563. The Hall–Kier alpha value is -0.930. The molecule has 1 unspecified atom stereocenters. The summed E-state index contributed by atoms with van der Waals surface area (Å²) in [7, 11) is 0. The van der Waals surface area contributed by atoms with Crippen molar-refractivity contribution in [1.82, 2.24) is 10.2 Å². The second kappa shape index (κ2) is 6.30. The summed E-state index contributed by atoms with van der Waals surface area (Å²) in [6.45, 7) is 8.51. The third kappa shape index (κ3) is 3.79. The maximum Gasteiger partial charge on any atom is 0.123 e. The first-order valence-corrected chi connectivity index (χ1v) is 6.84. The van der Waals surface area contributed by atoms with E-state index in [1.165, 1.54) is 12.5 Å². The van der Waals surface area contributed by atoms with E-state index in [4.69, 9.17) is 0 Å². The average molecular weight is 250 g/mol. The van der Waals surface area contributed by atoms with E-state index >= 15 is 0 Å². The Kier molecular flexibility index (Phi) is 4.72. The number of halogens is 1. The summed E-state index contributed by atoms with van der Waals surface area (Å²) < 4.78 is 13.2. The normalized spacial score (nSPS) is 21.4. The van der Waals surface area contributed by atoms with Gasteiger partial charge >= 0.3 is 0 Å². The lowest BCUT2D eigenvalue weighted by Crippen LogP contribution is -2.51. The van der Waals surface area contributed by atoms with Gasteiger partial charge in [0.05, 0.1) is 0 Å². The molecule has 0 spiro atoms. The Bertz CT molecular complexity index is 379. The molecule has 2 nitrogen and oxygen atoms in total. The van der Waals surface area contributed by atoms with Crippen molar-refractivity contribution in [3.8, 4) is 0 Å². The van der Waals surface area contributed by atoms with Gasteiger partial charge in [0.1, 0.15) is 5.82 Å². The predicted octanol–water partition coefficient (Wildman–Crippen LogP) is 2.65. The number of piperazine rings is 1. The van der Waals surface area contributed by atoms with Crippen molar-refractivity contribution in [1.29, 1.82) is 0 Å². The van der Waals surface area contributed by atoms with Gasteiger partial charge in [0.25, 0.3) is 0 Å². The molecule has 1 aromatic carbocycles. The summed E-state index contributed by atoms with van der Waals surface area (Å²) in [5, 5.41) is 3.45. The minimum absolute atomic E-state index is 0.136. The fourth-order valence-corrected chi connectivity index (χ4v) is 2.66. The smallest absolute Gasteiger partial charge is 0.123 e. The minimum Gasteiger partial charge on any atom is -0.314 e. The molecule has 2 rings (SSSR count). The van der Waals surface area contributed by atoms with Crippen LogP contribution in [0.25, 0.3) is 0 Å². The Morgan fingerprint density at radius 1 is 1.44 bits per heavy atom. The van der Waals surface area contributed by atoms with Crippen molar-refractivity contribution in [2.75, 3.05) is 19.6 Å². The van der Waals surface area contributed by atoms with Gasteiger partial charge < -0.3 is 5.32 Å². The topological polar surface area (TPSA) is 15.3 Å². The van der Waals surface area contributed by atoms with Gasteiger partial charge in [-0.2, -0.15) is 0 Å². The van der Waals surface area contributed by atoms with E-state index in [1.54, 1.807) is 12.1 Å². The molecule has 18 heavy (non-hydrogen) atoms. The van der Waals surface area contributed by atoms with Crippen molar-refractivity contribution in [3.05, 3.63) is 35.6 Å². The summed E-state index contributed by atoms with van der Waals surface area (Å²) in [6, 6.07) is 7.53. The molecule has 0 amide bonds. The first kappa shape index (κ1) is 13.5. The van der Waals surface area contributed by atoms with Gasteiger partial charge in [-0.25, -0.2) is 4.39 Å². The summed E-state index contributed by atoms with van der Waals surface area (Å²) >= 11 is 0. The van der Waals surface area contributed by atoms with E-state index in [-0.39, 0.29) is 5.82 Å². The van der Waals surface area contributed by atoms with E-state index < -0.39 is 0 Å². The van der Waals surface area contributed by atoms with Crippen LogP contribution in [0.1, 0.15) is 25.8 Å². The van der Waals surface area contributed by atoms with Gasteiger partial charge in [0.2, 0.25) is 0 Å². The molecule has 1 atom stereocenters. The highest BCUT2D eigenvalue weighted by Crippen LogP contribution is 2.17. The minimum atomic E-state index is -0.136. The van der Waals surface area contributed by atoms with Gasteiger partial charge in [-0.3, -0.25) is 4.90 Å². The first-order chi connectivity index (χ1) is 8.65. The molecular formula is C15H23FN2. The van der Waals surface area contributed by atoms with Gasteiger partial charge in [0.15, 0.2) is 0 Å². The highest BCUT2D eigenvalue weighted by molar-refractivity contribution is 5.16. The van der Waals surface area contributed by atoms with Crippen LogP contribution in [-0.2, 0) is 6.54 Å². The Morgan fingerprint density at radius 3 is 3.00 bits per heavy atom. The fraction of sp³-hybridized carbons (Fsp3) is 0.600. The molecule has 1 fully saturated rings. The Labute approximate surface area is 109 Å². The highest BCUT2D eigenvalue weighted by Gasteiger charge is 2.22. The molecule has 0 bridgehead atoms. The largest absolute Gasteiger partial charge is 0.314 e. The third-order valence-corrected chi connectivity index (χ3v) is 3.49. The van der Waals surface area contributed by atoms with Crippen LogP contribution >= 0.6 is 0 Å². The van der Waals surface area contributed by atoms with E-state index in [2.05, 4.69) is 24.1 Å². The number of nitrogens with zero attached hydrogens (tertiary/aromatic N) is 1. The lowest BCUT2D eigenvalue weighted by atomic mass is 10.00. The lowest BCUT2D eigenvalue weighted by Gasteiger charge is -2.37. The van der Waals surface area contributed by atoms with Crippen LogP contribution in [0.5, 0.6) is 0 Å². The van der Waals surface area contributed by atoms with Crippen molar-refractivity contribution < 1.29 is 4.39 Å². The maximum absolute atomic E-state index is 13.2. The van der Waals surface area contributed by atoms with Crippen LogP contribution in [-0.4, -0.2) is 30.6 Å². The number of hydrogen-bond acceptors (Lipinski definition) is 2. The van der Waals surface area contributed by atoms with Gasteiger partial charge in [-0.15, -0.1) is 0 Å². The number of hydrogen-bond donors (Lipinski definition) is 1. The quantitative estimate of drug-likeness (QED) is 0.883. The molecule has 1 N–H and O–H groups in total. The second-order valence-corrected chi connectivity index (χ2v) is 5.59. The van der Waals surface area contributed by atoms with E-state index in [1.807, 2.05) is 6.07 Å². The molecule has 1 saturated heterocycles. The van der Waals surface area contributed by atoms with Crippen molar-refractivity contribution in [2.24, 2.45) is 5.92 Å². The average Bonchev–Trinajstić information content (AvgIpc) is 2.31. The predicted molar refractivity (Wildman–Crippen MR) is 72.9 cm³/mol. The highest BCUT2D eigenvalue weighted by atomic mass is 19.1. The van der Waals surface area contributed by atoms with Crippen LogP contribution in [0.15, 0.2) is 24.3 Å². The molecule has 3 heteroatoms. The lowest BCUT2D eigenvalue weighted by molar-refractivity contribution is 0.134. The molecule has 0 aliphatic carbocycles. The van der Waals surface area contributed by atoms with E-state index in [0.29, 0.717) is 12.0 Å². The van der Waals surface area contributed by atoms with E-state index in [9.17, 15) is 4.39 Å². The number of rotatable bonds is 4. The molecule has 0 aromatic heterocycles. The van der Waals surface area contributed by atoms with Crippen molar-refractivity contribution in [3.63, 3.8) is 0 Å². The fourth-order valence-electron chi connectivity index (χ4n) is 2.66. The number of benzene rings is 1. The Balaban J connectivity index is 2.00. The first-order valence-electron chi connectivity index (χ1n) is 6.84. The van der Waals surface area contributed by atoms with Crippen LogP contribution in [0, 0.1) is 11.7 Å². The second-order valence-electron chi connectivity index (χ2n) is 5.59. The monoisotopic (exact) mass is 250 g/mol. The van der Waals surface area contributed by atoms with Crippen molar-refractivity contribution in [2.45, 2.75) is 32.9 Å². The third-order valence-electron chi connectivity index (χ3n) is 3.49. The summed E-state index contributed by atoms with van der Waals surface area (Å²) in [4.78, 5) is 2.48. The van der Waals surface area contributed by atoms with Gasteiger partial charge in [-0.05, 0) is 30.0 Å². The SMILES string of the molecule is CC(C)CC1CNCCN1Cc1cccc(F)c1. The molecule has 1 heterocycles. The molecule has 1 aromatic rings. The van der Waals surface area contributed by atoms with Crippen LogP contribution in [0.4, 0.5) is 4.39 Å². The van der Waals surface area contributed by atoms with Crippen LogP contribution in [0.2, 0.25) is 0 Å². The summed E-state index contributed by atoms with van der Waals surface area (Å²) in [6.07, 6.45) is 1.20. The zero-order valence-corrected chi connectivity index (χ0v) is 11.3. The standard InChI is InChI=1S/C15H23FN2/c1-12(2)8-15-10-17-6-7-18(15)11-13-4-3-5-14(16)9-13/h3-5,9,12,15,17H,6-8,10-11H2,1-2H3. The zero-order chi connectivity index (χ0) is 13.0. The molecule has 1 aliphatic rings. The van der Waals surface area contributed by atoms with Crippen LogP contribution < -0.4 is 5.32 Å². The molecular weight excluding hydrogens is 227 g/mol. The Morgan fingerprint density at radius 2 is 2.28 bits per heavy atom. The molecule has 0 radical (unpaired) electrons. The molecule has 0 saturated carbocycles. The number of nitrogens with one attached hydrogen (secondary N) is 1. The maximum atomic E-state index is 13.2. The van der Waals surface area contributed by atoms with Gasteiger partial charge in [-0.1, -0.05) is 26.0 Å². The van der Waals surface area contributed by atoms with Gasteiger partial charge in [0, 0.05) is 32.2 Å². The van der Waals surface area contributed by atoms with Crippen LogP contribution in [0.3, 0.4) is 0 Å². The summed E-state index contributed by atoms with van der Waals surface area (Å²) in [5.41, 5.74) is 1.07. The van der Waals surface area contributed by atoms with E-state index in [0.717, 1.165) is 31.7 Å². The molecule has 100 valence electrons. The van der Waals surface area contributed by atoms with Crippen molar-refractivity contribution >= 4 is 0 Å². The zero-order valence-electron chi connectivity index (χ0n) is 11.3. The molecule has 1 aliphatic heterocycles.